The number of H-pyrrole nitrogens is 1. The summed E-state index contributed by atoms with van der Waals surface area (Å²) in [5.74, 6) is -5.10. The Morgan fingerprint density at radius 2 is 1.58 bits per heavy atom. The molecule has 6 aromatic rings. The number of ether oxygens (including phenoxy) is 4. The number of hydrogen-bond acceptors (Lipinski definition) is 18. The number of nitrogens with zero attached hydrogens (tertiary/aromatic N) is 5. The number of nitrogens with one attached hydrogen (secondary N) is 5. The number of alkyl halides is 1. The van der Waals surface area contributed by atoms with Gasteiger partial charge in [0, 0.05) is 104 Å². The number of unbranched alkanes of at least 4 members (excludes halogenated alkanes) is 1. The molecule has 4 aromatic carbocycles. The summed E-state index contributed by atoms with van der Waals surface area (Å²) in [5, 5.41) is 31.6. The van der Waals surface area contributed by atoms with Crippen LogP contribution in [0.4, 0.5) is 36.4 Å². The molecule has 0 unspecified atom stereocenters. The molecule has 2 aliphatic heterocycles. The largest absolute Gasteiger partial charge is 0.508 e. The summed E-state index contributed by atoms with van der Waals surface area (Å²) in [4.78, 5) is 155. The molecule has 520 valence electrons. The Morgan fingerprint density at radius 3 is 2.28 bits per heavy atom. The van der Waals surface area contributed by atoms with Gasteiger partial charge < -0.3 is 81.6 Å². The first-order valence-corrected chi connectivity index (χ1v) is 32.3. The standard InChI is InChI=1S/C68H79ClN12O17/c1-39(2)60(77-66(92)96-30-29-95-28-27-80-56(84)21-22-57(80)85)53(83)32-43(10-8-23-72-65(71)91)62(87)74-46-17-13-41(14-18-46)38-97-67(93)78(4)25-26-79(24-6-5-12-49(70)64(89)90)68(94)98-54-34-52-59(58-40(3)9-7-11-48(54)58)45(35-69)37-81(52)63(88)50-31-44-33-55(73-36-51(44)75-50)76-61(86)42-15-19-47(82)20-16-42/h7,9,11,13-22,31,33-34,36,39,43,45,49,60,75,82H,5-6,8,10,12,23-30,32,35,37-38,70H2,1-4H3,(H,74,87)(H,77,92)(H,89,90)(H3,71,72,91)(H,73,76,86)/t43-,45-,49+,60+/m1/s1. The number of pyridine rings is 1. The van der Waals surface area contributed by atoms with Crippen molar-refractivity contribution in [2.75, 3.05) is 87.6 Å². The van der Waals surface area contributed by atoms with Crippen LogP contribution in [0.2, 0.25) is 0 Å². The first kappa shape index (κ1) is 73.2. The highest BCUT2D eigenvalue weighted by molar-refractivity contribution is 6.20. The predicted octanol–water partition coefficient (Wildman–Crippen LogP) is 7.27. The number of rotatable bonds is 33. The van der Waals surface area contributed by atoms with Crippen LogP contribution in [-0.4, -0.2) is 185 Å². The number of primary amides is 1. The molecular formula is C68H79ClN12O17. The number of aromatic hydroxyl groups is 1. The zero-order valence-corrected chi connectivity index (χ0v) is 55.3. The molecule has 98 heavy (non-hydrogen) atoms. The Bertz CT molecular complexity index is 3960. The SMILES string of the molecule is Cc1cccc2c(OC(=O)N(CCCC[C@H](N)C(=O)O)CCN(C)C(=O)OCc3ccc(NC(=O)[C@H](CCCNC(N)=O)CC(=O)[C@@H](NC(=O)OCCOCCN4C(=O)C=CC4=O)C(C)C)cc3)cc3c(c12)[C@H](CCl)CN3C(=O)c1cc2cc(NC(=O)c3ccc(O)cc3)ncc2[nH]1. The number of benzene rings is 4. The van der Waals surface area contributed by atoms with E-state index < -0.39 is 89.5 Å². The molecule has 8 rings (SSSR count). The van der Waals surface area contributed by atoms with Crippen LogP contribution in [0.1, 0.15) is 95.8 Å². The molecule has 4 heterocycles. The number of nitrogens with two attached hydrogens (primary N) is 2. The van der Waals surface area contributed by atoms with E-state index in [1.165, 1.54) is 47.3 Å². The number of anilines is 3. The van der Waals surface area contributed by atoms with Gasteiger partial charge in [0.05, 0.1) is 43.2 Å². The van der Waals surface area contributed by atoms with Gasteiger partial charge in [-0.15, -0.1) is 11.6 Å². The summed E-state index contributed by atoms with van der Waals surface area (Å²) < 4.78 is 22.5. The molecule has 2 aliphatic rings. The number of alkyl carbamates (subject to hydrolysis) is 1. The summed E-state index contributed by atoms with van der Waals surface area (Å²) in [6.07, 6.45) is 2.24. The van der Waals surface area contributed by atoms with Crippen molar-refractivity contribution >= 4 is 116 Å². The molecule has 30 heteroatoms. The number of ketones is 1. The number of carbonyl (C=O) groups is 11. The second-order valence-electron chi connectivity index (χ2n) is 23.9. The minimum atomic E-state index is -1.17. The van der Waals surface area contributed by atoms with Gasteiger partial charge in [0.15, 0.2) is 5.78 Å². The molecule has 4 atom stereocenters. The number of aliphatic carboxylic acids is 1. The maximum atomic E-state index is 14.7. The second kappa shape index (κ2) is 34.3. The van der Waals surface area contributed by atoms with Gasteiger partial charge in [-0.3, -0.25) is 38.5 Å². The number of aromatic nitrogens is 2. The van der Waals surface area contributed by atoms with Crippen molar-refractivity contribution in [3.05, 3.63) is 131 Å². The summed E-state index contributed by atoms with van der Waals surface area (Å²) in [5.41, 5.74) is 15.0. The molecule has 2 aromatic heterocycles. The fraction of sp³-hybridized carbons (Fsp3) is 0.382. The smallest absolute Gasteiger partial charge is 0.415 e. The van der Waals surface area contributed by atoms with Crippen LogP contribution in [0.25, 0.3) is 21.7 Å². The maximum Gasteiger partial charge on any atom is 0.415 e. The number of carbonyl (C=O) groups excluding carboxylic acids is 10. The number of likely N-dealkylation sites (N-methyl/N-ethyl adjacent to an activating group) is 1. The number of urea groups is 1. The van der Waals surface area contributed by atoms with Crippen molar-refractivity contribution in [1.29, 1.82) is 0 Å². The van der Waals surface area contributed by atoms with Crippen molar-refractivity contribution in [3.63, 3.8) is 0 Å². The molecule has 0 spiro atoms. The zero-order chi connectivity index (χ0) is 70.7. The van der Waals surface area contributed by atoms with Gasteiger partial charge in [0.25, 0.3) is 23.6 Å². The lowest BCUT2D eigenvalue weighted by Crippen LogP contribution is -2.46. The summed E-state index contributed by atoms with van der Waals surface area (Å²) in [7, 11) is 1.48. The molecule has 0 bridgehead atoms. The number of phenolic OH excluding ortho intramolecular Hbond substituents is 1. The minimum absolute atomic E-state index is 0.00660. The highest BCUT2D eigenvalue weighted by Gasteiger charge is 2.37. The number of hydrogen-bond donors (Lipinski definition) is 9. The number of imide groups is 1. The average molecular weight is 1370 g/mol. The van der Waals surface area contributed by atoms with Gasteiger partial charge in [0.2, 0.25) is 5.91 Å². The lowest BCUT2D eigenvalue weighted by molar-refractivity contribution is -0.139. The third kappa shape index (κ3) is 19.5. The van der Waals surface area contributed by atoms with E-state index >= 15 is 0 Å². The van der Waals surface area contributed by atoms with Gasteiger partial charge in [-0.1, -0.05) is 44.2 Å². The summed E-state index contributed by atoms with van der Waals surface area (Å²) in [6, 6.07) is 19.6. The molecule has 0 saturated carbocycles. The van der Waals surface area contributed by atoms with Gasteiger partial charge in [-0.2, -0.15) is 0 Å². The van der Waals surface area contributed by atoms with E-state index in [0.717, 1.165) is 33.6 Å². The Balaban J connectivity index is 0.886. The van der Waals surface area contributed by atoms with Crippen LogP contribution >= 0.6 is 11.6 Å². The lowest BCUT2D eigenvalue weighted by atomic mass is 9.89. The molecular weight excluding hydrogens is 1290 g/mol. The van der Waals surface area contributed by atoms with E-state index in [1.54, 1.807) is 67.3 Å². The highest BCUT2D eigenvalue weighted by atomic mass is 35.5. The Kier molecular flexibility index (Phi) is 25.6. The Morgan fingerprint density at radius 1 is 0.847 bits per heavy atom. The number of aromatic amines is 1. The van der Waals surface area contributed by atoms with E-state index in [-0.39, 0.29) is 126 Å². The second-order valence-corrected chi connectivity index (χ2v) is 24.3. The predicted molar refractivity (Wildman–Crippen MR) is 361 cm³/mol. The normalized spacial score (nSPS) is 14.2. The van der Waals surface area contributed by atoms with Crippen LogP contribution in [-0.2, 0) is 44.8 Å². The third-order valence-corrected chi connectivity index (χ3v) is 16.9. The molecule has 11 N–H and O–H groups in total. The monoisotopic (exact) mass is 1370 g/mol. The van der Waals surface area contributed by atoms with Crippen LogP contribution in [0.15, 0.2) is 103 Å². The molecule has 0 aliphatic carbocycles. The molecule has 29 nitrogen and oxygen atoms in total. The van der Waals surface area contributed by atoms with Crippen molar-refractivity contribution in [2.45, 2.75) is 83.9 Å². The zero-order valence-electron chi connectivity index (χ0n) is 54.5. The van der Waals surface area contributed by atoms with E-state index in [0.29, 0.717) is 51.6 Å². The third-order valence-electron chi connectivity index (χ3n) is 16.5. The molecule has 0 fully saturated rings. The number of aryl methyl sites for hydroxylation is 1. The average Bonchev–Trinajstić information content (AvgIpc) is 1.53. The fourth-order valence-electron chi connectivity index (χ4n) is 11.2. The van der Waals surface area contributed by atoms with Crippen molar-refractivity contribution in [2.24, 2.45) is 23.3 Å². The first-order valence-electron chi connectivity index (χ1n) is 31.8. The van der Waals surface area contributed by atoms with Gasteiger partial charge in [0.1, 0.15) is 42.3 Å². The van der Waals surface area contributed by atoms with Crippen molar-refractivity contribution in [3.8, 4) is 11.5 Å². The topological polar surface area (TPSA) is 407 Å². The number of amides is 10. The van der Waals surface area contributed by atoms with E-state index in [1.807, 2.05) is 19.1 Å². The van der Waals surface area contributed by atoms with Gasteiger partial charge in [-0.05, 0) is 116 Å². The highest BCUT2D eigenvalue weighted by Crippen LogP contribution is 2.47. The van der Waals surface area contributed by atoms with Crippen molar-refractivity contribution < 1.29 is 81.9 Å². The number of carboxylic acids is 1. The van der Waals surface area contributed by atoms with Crippen molar-refractivity contribution in [1.82, 2.24) is 35.3 Å². The van der Waals surface area contributed by atoms with Crippen LogP contribution in [0.5, 0.6) is 11.5 Å². The maximum absolute atomic E-state index is 14.7. The van der Waals surface area contributed by atoms with E-state index in [9.17, 15) is 63.0 Å². The molecule has 0 saturated heterocycles. The Labute approximate surface area is 568 Å². The molecule has 10 amide bonds. The quantitative estimate of drug-likeness (QED) is 0.0111. The van der Waals surface area contributed by atoms with Gasteiger partial charge >= 0.3 is 30.3 Å². The van der Waals surface area contributed by atoms with E-state index in [2.05, 4.69) is 31.2 Å². The van der Waals surface area contributed by atoms with Crippen LogP contribution in [0.3, 0.4) is 0 Å². The fourth-order valence-corrected chi connectivity index (χ4v) is 11.4. The summed E-state index contributed by atoms with van der Waals surface area (Å²) >= 11 is 6.66. The number of carboxylic acid groups (broad SMARTS) is 1. The van der Waals surface area contributed by atoms with Crippen LogP contribution < -0.4 is 42.4 Å². The number of halogens is 1. The number of Topliss-reactive ketones (excluding diaryl/α,β-unsaturated/α-hetero) is 1. The van der Waals surface area contributed by atoms with Crippen LogP contribution in [0, 0.1) is 18.8 Å². The van der Waals surface area contributed by atoms with E-state index in [4.69, 9.17) is 42.0 Å². The van der Waals surface area contributed by atoms with Gasteiger partial charge in [-0.25, -0.2) is 24.2 Å². The molecule has 0 radical (unpaired) electrons. The number of fused-ring (bicyclic) bond motifs is 4. The number of phenols is 1. The first-order chi connectivity index (χ1) is 46.9. The minimum Gasteiger partial charge on any atom is -0.508 e. The Hall–Kier alpha value is -10.7. The summed E-state index contributed by atoms with van der Waals surface area (Å²) in [6.45, 7) is 5.16. The lowest BCUT2D eigenvalue weighted by Gasteiger charge is -2.26.